The molecule has 0 aliphatic carbocycles. The zero-order valence-corrected chi connectivity index (χ0v) is 16.8. The Kier molecular flexibility index (Phi) is 5.08. The van der Waals surface area contributed by atoms with E-state index in [0.717, 1.165) is 0 Å². The number of nitrogens with two attached hydrogens (primary N) is 1. The first-order valence-electron chi connectivity index (χ1n) is 6.50. The van der Waals surface area contributed by atoms with Crippen molar-refractivity contribution in [3.63, 3.8) is 0 Å². The molecule has 11 nitrogen and oxygen atoms in total. The number of halogens is 1. The van der Waals surface area contributed by atoms with Crippen LogP contribution in [0.1, 0.15) is 6.23 Å². The second-order valence-electron chi connectivity index (χ2n) is 5.07. The Labute approximate surface area is 165 Å². The Morgan fingerprint density at radius 2 is 2.21 bits per heavy atom. The van der Waals surface area contributed by atoms with E-state index >= 15 is 0 Å². The van der Waals surface area contributed by atoms with Gasteiger partial charge in [0, 0.05) is 29.6 Å². The van der Waals surface area contributed by atoms with Gasteiger partial charge in [0.25, 0.3) is 0 Å². The van der Waals surface area contributed by atoms with Crippen LogP contribution in [0.2, 0.25) is 0 Å². The fourth-order valence-electron chi connectivity index (χ4n) is 2.67. The van der Waals surface area contributed by atoms with Crippen molar-refractivity contribution in [2.45, 2.75) is 24.5 Å². The molecule has 2 saturated heterocycles. The van der Waals surface area contributed by atoms with E-state index in [1.165, 1.54) is 10.9 Å². The van der Waals surface area contributed by atoms with Crippen molar-refractivity contribution in [2.75, 3.05) is 12.3 Å². The Bertz CT molecular complexity index is 837. The van der Waals surface area contributed by atoms with Crippen LogP contribution in [-0.2, 0) is 18.3 Å². The van der Waals surface area contributed by atoms with E-state index in [-0.39, 0.29) is 42.0 Å². The fourth-order valence-corrected chi connectivity index (χ4v) is 4.19. The zero-order valence-electron chi connectivity index (χ0n) is 12.3. The second kappa shape index (κ2) is 6.54. The summed E-state index contributed by atoms with van der Waals surface area (Å²) in [6.07, 6.45) is -2.62. The number of phosphoric ester groups is 1. The number of nitrogens with zero attached hydrogens (tertiary/aromatic N) is 4. The molecule has 2 aromatic rings. The molecule has 0 saturated carbocycles. The van der Waals surface area contributed by atoms with E-state index in [0.29, 0.717) is 15.9 Å². The van der Waals surface area contributed by atoms with Crippen molar-refractivity contribution in [3.8, 4) is 0 Å². The van der Waals surface area contributed by atoms with Gasteiger partial charge in [-0.2, -0.15) is 0 Å². The third kappa shape index (κ3) is 2.94. The molecule has 125 valence electrons. The molecule has 1 radical (unpaired) electrons. The quantitative estimate of drug-likeness (QED) is 0.308. The van der Waals surface area contributed by atoms with E-state index in [1.807, 2.05) is 0 Å². The van der Waals surface area contributed by atoms with E-state index in [1.54, 1.807) is 0 Å². The maximum atomic E-state index is 11.5. The first kappa shape index (κ1) is 18.6. The molecule has 2 aromatic heterocycles. The summed E-state index contributed by atoms with van der Waals surface area (Å²) in [5.74, 6) is 0.179. The van der Waals surface area contributed by atoms with Crippen LogP contribution in [0.25, 0.3) is 11.2 Å². The molecule has 0 spiro atoms. The minimum atomic E-state index is -4.19. The molecule has 5 unspecified atom stereocenters. The molecule has 2 aliphatic rings. The Balaban J connectivity index is 0.00000169. The molecule has 2 aliphatic heterocycles. The Hall–Kier alpha value is -0.140. The average molecular weight is 431 g/mol. The van der Waals surface area contributed by atoms with E-state index in [4.69, 9.17) is 19.5 Å². The summed E-state index contributed by atoms with van der Waals surface area (Å²) in [6, 6.07) is 0. The number of hydrogen-bond donors (Lipinski definition) is 3. The molecule has 4 N–H and O–H groups in total. The predicted molar refractivity (Wildman–Crippen MR) is 83.8 cm³/mol. The van der Waals surface area contributed by atoms with Gasteiger partial charge in [0.05, 0.1) is 6.61 Å². The topological polar surface area (TPSA) is 155 Å². The van der Waals surface area contributed by atoms with Crippen molar-refractivity contribution in [1.82, 2.24) is 19.5 Å². The summed E-state index contributed by atoms with van der Waals surface area (Å²) in [5, 5.41) is 10.5. The van der Waals surface area contributed by atoms with Crippen molar-refractivity contribution in [1.29, 1.82) is 0 Å². The average Bonchev–Trinajstić information content (AvgIpc) is 2.97. The number of aliphatic hydroxyl groups is 1. The molecule has 2 fully saturated rings. The smallest absolute Gasteiger partial charge is 0.386 e. The van der Waals surface area contributed by atoms with Crippen LogP contribution < -0.4 is 5.73 Å². The zero-order chi connectivity index (χ0) is 16.4. The molecular formula is C10H11BrN5NaO6P. The summed E-state index contributed by atoms with van der Waals surface area (Å²) < 4.78 is 28.6. The van der Waals surface area contributed by atoms with Gasteiger partial charge >= 0.3 is 7.82 Å². The van der Waals surface area contributed by atoms with Crippen LogP contribution in [0, 0.1) is 0 Å². The first-order valence-corrected chi connectivity index (χ1v) is 8.79. The molecule has 0 amide bonds. The summed E-state index contributed by atoms with van der Waals surface area (Å²) in [6.45, 7) is -0.173. The Morgan fingerprint density at radius 3 is 2.96 bits per heavy atom. The first-order chi connectivity index (χ1) is 10.9. The van der Waals surface area contributed by atoms with Crippen molar-refractivity contribution in [2.24, 2.45) is 0 Å². The largest absolute Gasteiger partial charge is 0.472 e. The summed E-state index contributed by atoms with van der Waals surface area (Å²) in [5.41, 5.74) is 6.45. The third-order valence-electron chi connectivity index (χ3n) is 3.68. The second-order valence-corrected chi connectivity index (χ2v) is 7.19. The summed E-state index contributed by atoms with van der Waals surface area (Å²) in [4.78, 5) is 21.5. The van der Waals surface area contributed by atoms with Crippen LogP contribution in [0.4, 0.5) is 5.82 Å². The van der Waals surface area contributed by atoms with Crippen molar-refractivity contribution >= 4 is 70.3 Å². The predicted octanol–water partition coefficient (Wildman–Crippen LogP) is -0.436. The van der Waals surface area contributed by atoms with Gasteiger partial charge in [-0.1, -0.05) is 0 Å². The molecule has 4 rings (SSSR count). The SMILES string of the molecule is Nc1ncnc2c1nc(Br)n2C1OC2COP(=O)(O)OC2C1O.[Na]. The van der Waals surface area contributed by atoms with Gasteiger partial charge in [0.15, 0.2) is 27.9 Å². The number of nitrogen functional groups attached to an aromatic ring is 1. The van der Waals surface area contributed by atoms with E-state index < -0.39 is 32.4 Å². The number of rotatable bonds is 1. The molecule has 24 heavy (non-hydrogen) atoms. The number of fused-ring (bicyclic) bond motifs is 2. The van der Waals surface area contributed by atoms with E-state index in [9.17, 15) is 14.6 Å². The van der Waals surface area contributed by atoms with Gasteiger partial charge in [-0.3, -0.25) is 13.6 Å². The Morgan fingerprint density at radius 1 is 1.46 bits per heavy atom. The third-order valence-corrected chi connectivity index (χ3v) is 5.23. The van der Waals surface area contributed by atoms with Crippen LogP contribution in [0.15, 0.2) is 11.1 Å². The monoisotopic (exact) mass is 430 g/mol. The van der Waals surface area contributed by atoms with Gasteiger partial charge in [-0.25, -0.2) is 19.5 Å². The van der Waals surface area contributed by atoms with Gasteiger partial charge in [0.1, 0.15) is 24.6 Å². The molecule has 4 heterocycles. The van der Waals surface area contributed by atoms with Crippen molar-refractivity contribution < 1.29 is 28.3 Å². The molecule has 5 atom stereocenters. The number of aromatic nitrogens is 4. The number of anilines is 1. The van der Waals surface area contributed by atoms with Gasteiger partial charge < -0.3 is 20.5 Å². The summed E-state index contributed by atoms with van der Waals surface area (Å²) >= 11 is 3.26. The van der Waals surface area contributed by atoms with Crippen LogP contribution in [0.3, 0.4) is 0 Å². The standard InChI is InChI=1S/C10H11BrN5O6P.Na/c11-10-15-4-7(12)13-2-14-8(4)16(10)9-5(17)6-3(21-9)1-20-23(18,19)22-6;/h2-3,5-6,9,17H,1H2,(H,18,19)(H2,12,13,14);. The van der Waals surface area contributed by atoms with Gasteiger partial charge in [0.2, 0.25) is 0 Å². The van der Waals surface area contributed by atoms with Crippen molar-refractivity contribution in [3.05, 3.63) is 11.1 Å². The van der Waals surface area contributed by atoms with Gasteiger partial charge in [-0.05, 0) is 15.9 Å². The fraction of sp³-hybridized carbons (Fsp3) is 0.500. The number of hydrogen-bond acceptors (Lipinski definition) is 9. The minimum absolute atomic E-state index is 0. The minimum Gasteiger partial charge on any atom is -0.386 e. The molecule has 14 heteroatoms. The number of ether oxygens (including phenoxy) is 1. The van der Waals surface area contributed by atoms with E-state index in [2.05, 4.69) is 30.9 Å². The molecule has 0 bridgehead atoms. The maximum absolute atomic E-state index is 11.5. The number of aliphatic hydroxyl groups excluding tert-OH is 1. The maximum Gasteiger partial charge on any atom is 0.472 e. The van der Waals surface area contributed by atoms with Crippen LogP contribution >= 0.6 is 23.8 Å². The number of imidazole rings is 1. The molecular weight excluding hydrogens is 420 g/mol. The van der Waals surface area contributed by atoms with Crippen LogP contribution in [-0.4, -0.2) is 84.0 Å². The van der Waals surface area contributed by atoms with Gasteiger partial charge in [-0.15, -0.1) is 0 Å². The normalized spacial score (nSPS) is 35.6. The van der Waals surface area contributed by atoms with Crippen LogP contribution in [0.5, 0.6) is 0 Å². The number of phosphoric acid groups is 1. The molecule has 0 aromatic carbocycles. The summed E-state index contributed by atoms with van der Waals surface area (Å²) in [7, 11) is -4.19.